The van der Waals surface area contributed by atoms with E-state index in [9.17, 15) is 9.59 Å². The molecule has 1 atom stereocenters. The molecule has 0 aromatic carbocycles. The number of carbonyl (C=O) groups excluding carboxylic acids is 2. The quantitative estimate of drug-likeness (QED) is 0.811. The van der Waals surface area contributed by atoms with Crippen molar-refractivity contribution >= 4 is 12.0 Å². The Morgan fingerprint density at radius 2 is 1.86 bits per heavy atom. The SMILES string of the molecule is C[C@@H](NC(=O)OC(C)(C)C)C(=O)NCCC1CCN(C)CC1. The van der Waals surface area contributed by atoms with E-state index in [2.05, 4.69) is 22.6 Å². The minimum Gasteiger partial charge on any atom is -0.444 e. The second-order valence-electron chi connectivity index (χ2n) is 7.19. The maximum atomic E-state index is 11.9. The van der Waals surface area contributed by atoms with Crippen LogP contribution in [0.1, 0.15) is 47.0 Å². The number of hydrogen-bond donors (Lipinski definition) is 2. The number of nitrogens with one attached hydrogen (secondary N) is 2. The topological polar surface area (TPSA) is 70.7 Å². The van der Waals surface area contributed by atoms with Crippen LogP contribution in [-0.4, -0.2) is 55.2 Å². The Labute approximate surface area is 134 Å². The zero-order valence-corrected chi connectivity index (χ0v) is 14.6. The van der Waals surface area contributed by atoms with Crippen molar-refractivity contribution in [2.75, 3.05) is 26.7 Å². The fourth-order valence-corrected chi connectivity index (χ4v) is 2.45. The molecule has 6 heteroatoms. The number of likely N-dealkylation sites (tertiary alicyclic amines) is 1. The van der Waals surface area contributed by atoms with E-state index in [-0.39, 0.29) is 5.91 Å². The third-order valence-electron chi connectivity index (χ3n) is 3.82. The lowest BCUT2D eigenvalue weighted by molar-refractivity contribution is -0.122. The molecule has 0 radical (unpaired) electrons. The van der Waals surface area contributed by atoms with Crippen molar-refractivity contribution in [3.63, 3.8) is 0 Å². The van der Waals surface area contributed by atoms with Gasteiger partial charge in [0.25, 0.3) is 0 Å². The van der Waals surface area contributed by atoms with Crippen LogP contribution in [0.3, 0.4) is 0 Å². The average molecular weight is 313 g/mol. The van der Waals surface area contributed by atoms with Crippen molar-refractivity contribution in [1.29, 1.82) is 0 Å². The van der Waals surface area contributed by atoms with Gasteiger partial charge in [-0.1, -0.05) is 0 Å². The van der Waals surface area contributed by atoms with Crippen molar-refractivity contribution in [3.05, 3.63) is 0 Å². The summed E-state index contributed by atoms with van der Waals surface area (Å²) in [5, 5.41) is 5.44. The highest BCUT2D eigenvalue weighted by Gasteiger charge is 2.21. The zero-order valence-electron chi connectivity index (χ0n) is 14.6. The Balaban J connectivity index is 2.20. The number of carbonyl (C=O) groups is 2. The zero-order chi connectivity index (χ0) is 16.8. The molecule has 128 valence electrons. The van der Waals surface area contributed by atoms with Gasteiger partial charge in [0.15, 0.2) is 0 Å². The normalized spacial score (nSPS) is 18.6. The summed E-state index contributed by atoms with van der Waals surface area (Å²) >= 11 is 0. The van der Waals surface area contributed by atoms with Gasteiger partial charge in [0.2, 0.25) is 5.91 Å². The Kier molecular flexibility index (Phi) is 7.13. The number of alkyl carbamates (subject to hydrolysis) is 1. The molecule has 2 amide bonds. The molecule has 6 nitrogen and oxygen atoms in total. The highest BCUT2D eigenvalue weighted by Crippen LogP contribution is 2.18. The predicted octanol–water partition coefficient (Wildman–Crippen LogP) is 1.75. The van der Waals surface area contributed by atoms with E-state index in [0.29, 0.717) is 12.5 Å². The van der Waals surface area contributed by atoms with Crippen molar-refractivity contribution in [2.45, 2.75) is 58.6 Å². The van der Waals surface area contributed by atoms with E-state index in [1.807, 2.05) is 0 Å². The van der Waals surface area contributed by atoms with Crippen molar-refractivity contribution in [2.24, 2.45) is 5.92 Å². The van der Waals surface area contributed by atoms with Crippen LogP contribution in [0.4, 0.5) is 4.79 Å². The standard InChI is InChI=1S/C16H31N3O3/c1-12(18-15(21)22-16(2,3)4)14(20)17-9-6-13-7-10-19(5)11-8-13/h12-13H,6-11H2,1-5H3,(H,17,20)(H,18,21)/t12-/m1/s1. The van der Waals surface area contributed by atoms with Gasteiger partial charge in [-0.05, 0) is 73.0 Å². The summed E-state index contributed by atoms with van der Waals surface area (Å²) in [7, 11) is 2.14. The molecule has 0 bridgehead atoms. The van der Waals surface area contributed by atoms with Gasteiger partial charge in [-0.3, -0.25) is 4.79 Å². The van der Waals surface area contributed by atoms with Gasteiger partial charge < -0.3 is 20.3 Å². The number of rotatable bonds is 5. The first-order valence-corrected chi connectivity index (χ1v) is 8.13. The number of piperidine rings is 1. The molecule has 1 fully saturated rings. The predicted molar refractivity (Wildman–Crippen MR) is 86.7 cm³/mol. The largest absolute Gasteiger partial charge is 0.444 e. The monoisotopic (exact) mass is 313 g/mol. The molecule has 0 aromatic heterocycles. The van der Waals surface area contributed by atoms with Crippen LogP contribution < -0.4 is 10.6 Å². The highest BCUT2D eigenvalue weighted by atomic mass is 16.6. The Morgan fingerprint density at radius 3 is 2.41 bits per heavy atom. The van der Waals surface area contributed by atoms with Gasteiger partial charge in [-0.15, -0.1) is 0 Å². The van der Waals surface area contributed by atoms with Crippen LogP contribution in [0.15, 0.2) is 0 Å². The summed E-state index contributed by atoms with van der Waals surface area (Å²) in [6.45, 7) is 9.96. The molecule has 1 saturated heterocycles. The molecular weight excluding hydrogens is 282 g/mol. The minimum atomic E-state index is -0.590. The summed E-state index contributed by atoms with van der Waals surface area (Å²) < 4.78 is 5.13. The van der Waals surface area contributed by atoms with Gasteiger partial charge in [-0.25, -0.2) is 4.79 Å². The molecule has 1 aliphatic rings. The highest BCUT2D eigenvalue weighted by molar-refractivity contribution is 5.85. The molecule has 0 spiro atoms. The molecular formula is C16H31N3O3. The molecule has 1 aliphatic heterocycles. The summed E-state index contributed by atoms with van der Waals surface area (Å²) in [4.78, 5) is 25.9. The van der Waals surface area contributed by atoms with Gasteiger partial charge in [-0.2, -0.15) is 0 Å². The molecule has 22 heavy (non-hydrogen) atoms. The fraction of sp³-hybridized carbons (Fsp3) is 0.875. The van der Waals surface area contributed by atoms with Crippen molar-refractivity contribution in [3.8, 4) is 0 Å². The smallest absolute Gasteiger partial charge is 0.408 e. The number of hydrogen-bond acceptors (Lipinski definition) is 4. The summed E-state index contributed by atoms with van der Waals surface area (Å²) in [5.74, 6) is 0.518. The lowest BCUT2D eigenvalue weighted by Crippen LogP contribution is -2.46. The third kappa shape index (κ3) is 7.64. The second-order valence-corrected chi connectivity index (χ2v) is 7.19. The van der Waals surface area contributed by atoms with Crippen LogP contribution in [0.2, 0.25) is 0 Å². The van der Waals surface area contributed by atoms with Gasteiger partial charge in [0.05, 0.1) is 0 Å². The minimum absolute atomic E-state index is 0.168. The molecule has 2 N–H and O–H groups in total. The lowest BCUT2D eigenvalue weighted by atomic mass is 9.94. The molecule has 0 unspecified atom stereocenters. The van der Waals surface area contributed by atoms with Crippen molar-refractivity contribution in [1.82, 2.24) is 15.5 Å². The van der Waals surface area contributed by atoms with E-state index >= 15 is 0 Å². The fourth-order valence-electron chi connectivity index (χ4n) is 2.45. The van der Waals surface area contributed by atoms with E-state index in [4.69, 9.17) is 4.74 Å². The number of amides is 2. The van der Waals surface area contributed by atoms with Gasteiger partial charge in [0, 0.05) is 6.54 Å². The molecule has 0 aliphatic carbocycles. The Bertz CT molecular complexity index is 371. The average Bonchev–Trinajstić information content (AvgIpc) is 2.38. The Hall–Kier alpha value is -1.30. The molecule has 1 rings (SSSR count). The van der Waals surface area contributed by atoms with Crippen molar-refractivity contribution < 1.29 is 14.3 Å². The molecule has 1 heterocycles. The Morgan fingerprint density at radius 1 is 1.27 bits per heavy atom. The summed E-state index contributed by atoms with van der Waals surface area (Å²) in [5.41, 5.74) is -0.561. The maximum absolute atomic E-state index is 11.9. The first-order valence-electron chi connectivity index (χ1n) is 8.13. The number of nitrogens with zero attached hydrogens (tertiary/aromatic N) is 1. The number of ether oxygens (including phenoxy) is 1. The van der Waals surface area contributed by atoms with Gasteiger partial charge >= 0.3 is 6.09 Å². The van der Waals surface area contributed by atoms with Crippen LogP contribution in [0, 0.1) is 5.92 Å². The summed E-state index contributed by atoms with van der Waals surface area (Å²) in [6.07, 6.45) is 2.82. The van der Waals surface area contributed by atoms with Crippen LogP contribution in [0.5, 0.6) is 0 Å². The van der Waals surface area contributed by atoms with E-state index in [0.717, 1.165) is 19.5 Å². The van der Waals surface area contributed by atoms with Gasteiger partial charge in [0.1, 0.15) is 11.6 Å². The third-order valence-corrected chi connectivity index (χ3v) is 3.82. The lowest BCUT2D eigenvalue weighted by Gasteiger charge is -2.29. The van der Waals surface area contributed by atoms with E-state index in [1.54, 1.807) is 27.7 Å². The maximum Gasteiger partial charge on any atom is 0.408 e. The molecule has 0 saturated carbocycles. The first-order chi connectivity index (χ1) is 10.2. The second kappa shape index (κ2) is 8.36. The van der Waals surface area contributed by atoms with Crippen LogP contribution in [-0.2, 0) is 9.53 Å². The van der Waals surface area contributed by atoms with E-state index in [1.165, 1.54) is 12.8 Å². The van der Waals surface area contributed by atoms with E-state index < -0.39 is 17.7 Å². The first kappa shape index (κ1) is 18.7. The molecule has 0 aromatic rings. The van der Waals surface area contributed by atoms with Crippen LogP contribution >= 0.6 is 0 Å². The summed E-state index contributed by atoms with van der Waals surface area (Å²) in [6, 6.07) is -0.590. The van der Waals surface area contributed by atoms with Crippen LogP contribution in [0.25, 0.3) is 0 Å².